The van der Waals surface area contributed by atoms with Gasteiger partial charge < -0.3 is 4.74 Å². The normalized spacial score (nSPS) is 11.0. The summed E-state index contributed by atoms with van der Waals surface area (Å²) in [6, 6.07) is 4.10. The average Bonchev–Trinajstić information content (AvgIpc) is 2.25. The number of amides is 1. The Morgan fingerprint density at radius 3 is 2.69 bits per heavy atom. The molecule has 1 aromatic rings. The van der Waals surface area contributed by atoms with Gasteiger partial charge in [0.15, 0.2) is 6.61 Å². The molecule has 0 aliphatic carbocycles. The number of ether oxygens (including phenoxy) is 1. The van der Waals surface area contributed by atoms with Gasteiger partial charge in [0.1, 0.15) is 5.75 Å². The lowest BCUT2D eigenvalue weighted by Crippen LogP contribution is -2.25. The van der Waals surface area contributed by atoms with Crippen molar-refractivity contribution < 1.29 is 27.9 Å². The van der Waals surface area contributed by atoms with Crippen LogP contribution >= 0.6 is 0 Å². The molecule has 0 saturated carbocycles. The van der Waals surface area contributed by atoms with Gasteiger partial charge in [0.05, 0.1) is 5.56 Å². The molecular weight excluding hydrogens is 227 g/mol. The van der Waals surface area contributed by atoms with Gasteiger partial charge in [-0.25, -0.2) is 5.48 Å². The van der Waals surface area contributed by atoms with Gasteiger partial charge >= 0.3 is 6.18 Å². The number of nitrogens with one attached hydrogen (secondary N) is 1. The fourth-order valence-corrected chi connectivity index (χ4v) is 0.943. The summed E-state index contributed by atoms with van der Waals surface area (Å²) in [5.74, 6) is -0.948. The van der Waals surface area contributed by atoms with Crippen molar-refractivity contribution in [3.05, 3.63) is 29.8 Å². The third-order valence-electron chi connectivity index (χ3n) is 1.66. The lowest BCUT2D eigenvalue weighted by Gasteiger charge is -2.09. The molecule has 0 aliphatic heterocycles. The molecule has 88 valence electrons. The first kappa shape index (κ1) is 12.3. The number of carbonyl (C=O) groups is 1. The van der Waals surface area contributed by atoms with Crippen LogP contribution in [0.15, 0.2) is 24.3 Å². The highest BCUT2D eigenvalue weighted by atomic mass is 19.4. The number of benzene rings is 1. The van der Waals surface area contributed by atoms with E-state index in [4.69, 9.17) is 9.94 Å². The summed E-state index contributed by atoms with van der Waals surface area (Å²) < 4.78 is 41.5. The van der Waals surface area contributed by atoms with Crippen LogP contribution in [0.5, 0.6) is 5.75 Å². The average molecular weight is 235 g/mol. The summed E-state index contributed by atoms with van der Waals surface area (Å²) in [6.07, 6.45) is -4.46. The molecule has 0 spiro atoms. The molecule has 0 aromatic heterocycles. The molecule has 0 heterocycles. The van der Waals surface area contributed by atoms with Crippen LogP contribution < -0.4 is 10.2 Å². The number of alkyl halides is 3. The number of rotatable bonds is 3. The Labute approximate surface area is 88.6 Å². The van der Waals surface area contributed by atoms with Crippen molar-refractivity contribution in [1.82, 2.24) is 5.48 Å². The molecule has 16 heavy (non-hydrogen) atoms. The topological polar surface area (TPSA) is 58.6 Å². The Morgan fingerprint density at radius 1 is 1.44 bits per heavy atom. The lowest BCUT2D eigenvalue weighted by molar-refractivity contribution is -0.137. The van der Waals surface area contributed by atoms with E-state index < -0.39 is 24.3 Å². The Bertz CT molecular complexity index is 379. The van der Waals surface area contributed by atoms with Crippen LogP contribution in [-0.4, -0.2) is 17.7 Å². The molecule has 2 N–H and O–H groups in total. The standard InChI is InChI=1S/C9H8F3NO3/c10-9(11,12)6-2-1-3-7(4-6)16-5-8(14)13-15/h1-4,15H,5H2,(H,13,14). The molecule has 7 heteroatoms. The quantitative estimate of drug-likeness (QED) is 0.617. The van der Waals surface area contributed by atoms with Gasteiger partial charge in [-0.05, 0) is 18.2 Å². The molecule has 0 atom stereocenters. The zero-order valence-electron chi connectivity index (χ0n) is 7.91. The molecule has 0 unspecified atom stereocenters. The van der Waals surface area contributed by atoms with E-state index in [9.17, 15) is 18.0 Å². The molecule has 0 aliphatic rings. The Kier molecular flexibility index (Phi) is 3.73. The van der Waals surface area contributed by atoms with E-state index in [1.807, 2.05) is 0 Å². The number of carbonyl (C=O) groups excluding carboxylic acids is 1. The first-order valence-electron chi connectivity index (χ1n) is 4.16. The van der Waals surface area contributed by atoms with E-state index in [2.05, 4.69) is 0 Å². The summed E-state index contributed by atoms with van der Waals surface area (Å²) in [5, 5.41) is 8.14. The van der Waals surface area contributed by atoms with Crippen LogP contribution in [0.4, 0.5) is 13.2 Å². The fourth-order valence-electron chi connectivity index (χ4n) is 0.943. The number of hydrogen-bond donors (Lipinski definition) is 2. The molecule has 0 bridgehead atoms. The molecular formula is C9H8F3NO3. The van der Waals surface area contributed by atoms with Gasteiger partial charge in [0.2, 0.25) is 0 Å². The molecule has 4 nitrogen and oxygen atoms in total. The summed E-state index contributed by atoms with van der Waals surface area (Å²) in [6.45, 7) is -0.558. The van der Waals surface area contributed by atoms with Crippen molar-refractivity contribution in [3.8, 4) is 5.75 Å². The Morgan fingerprint density at radius 2 is 2.12 bits per heavy atom. The van der Waals surface area contributed by atoms with Crippen molar-refractivity contribution in [2.75, 3.05) is 6.61 Å². The monoisotopic (exact) mass is 235 g/mol. The van der Waals surface area contributed by atoms with Crippen molar-refractivity contribution in [2.45, 2.75) is 6.18 Å². The van der Waals surface area contributed by atoms with E-state index in [0.717, 1.165) is 18.2 Å². The van der Waals surface area contributed by atoms with E-state index in [-0.39, 0.29) is 5.75 Å². The molecule has 1 aromatic carbocycles. The number of hydrogen-bond acceptors (Lipinski definition) is 3. The van der Waals surface area contributed by atoms with Crippen LogP contribution in [0, 0.1) is 0 Å². The van der Waals surface area contributed by atoms with E-state index in [1.54, 1.807) is 0 Å². The van der Waals surface area contributed by atoms with Crippen molar-refractivity contribution in [2.24, 2.45) is 0 Å². The molecule has 0 radical (unpaired) electrons. The molecule has 1 amide bonds. The molecule has 0 saturated heterocycles. The highest BCUT2D eigenvalue weighted by molar-refractivity contribution is 5.76. The maximum atomic E-state index is 12.3. The second-order valence-corrected chi connectivity index (χ2v) is 2.85. The summed E-state index contributed by atoms with van der Waals surface area (Å²) in [4.78, 5) is 10.6. The fraction of sp³-hybridized carbons (Fsp3) is 0.222. The smallest absolute Gasteiger partial charge is 0.416 e. The van der Waals surface area contributed by atoms with Gasteiger partial charge in [-0.3, -0.25) is 10.0 Å². The summed E-state index contributed by atoms with van der Waals surface area (Å²) in [5.41, 5.74) is 0.428. The third-order valence-corrected chi connectivity index (χ3v) is 1.66. The Balaban J connectivity index is 2.72. The van der Waals surface area contributed by atoms with Crippen LogP contribution in [0.1, 0.15) is 5.56 Å². The van der Waals surface area contributed by atoms with Crippen LogP contribution in [0.3, 0.4) is 0 Å². The predicted molar refractivity (Wildman–Crippen MR) is 46.9 cm³/mol. The summed E-state index contributed by atoms with van der Waals surface area (Å²) >= 11 is 0. The Hall–Kier alpha value is -1.76. The molecule has 0 fully saturated rings. The number of halogens is 3. The third kappa shape index (κ3) is 3.43. The highest BCUT2D eigenvalue weighted by Crippen LogP contribution is 2.31. The van der Waals surface area contributed by atoms with Crippen LogP contribution in [-0.2, 0) is 11.0 Å². The zero-order chi connectivity index (χ0) is 12.2. The van der Waals surface area contributed by atoms with Crippen molar-refractivity contribution in [3.63, 3.8) is 0 Å². The minimum atomic E-state index is -4.46. The minimum absolute atomic E-state index is 0.0987. The van der Waals surface area contributed by atoms with Crippen LogP contribution in [0.2, 0.25) is 0 Å². The van der Waals surface area contributed by atoms with Gasteiger partial charge in [-0.15, -0.1) is 0 Å². The van der Waals surface area contributed by atoms with Crippen molar-refractivity contribution in [1.29, 1.82) is 0 Å². The van der Waals surface area contributed by atoms with Gasteiger partial charge in [-0.1, -0.05) is 6.07 Å². The maximum absolute atomic E-state index is 12.3. The minimum Gasteiger partial charge on any atom is -0.484 e. The van der Waals surface area contributed by atoms with Crippen LogP contribution in [0.25, 0.3) is 0 Å². The van der Waals surface area contributed by atoms with Gasteiger partial charge in [0, 0.05) is 0 Å². The second kappa shape index (κ2) is 4.84. The zero-order valence-corrected chi connectivity index (χ0v) is 7.91. The van der Waals surface area contributed by atoms with E-state index >= 15 is 0 Å². The van der Waals surface area contributed by atoms with E-state index in [0.29, 0.717) is 0 Å². The first-order valence-corrected chi connectivity index (χ1v) is 4.16. The summed E-state index contributed by atoms with van der Waals surface area (Å²) in [7, 11) is 0. The predicted octanol–water partition coefficient (Wildman–Crippen LogP) is 1.59. The van der Waals surface area contributed by atoms with Crippen molar-refractivity contribution >= 4 is 5.91 Å². The highest BCUT2D eigenvalue weighted by Gasteiger charge is 2.30. The van der Waals surface area contributed by atoms with Gasteiger partial charge in [0.25, 0.3) is 5.91 Å². The number of hydroxylamine groups is 1. The lowest BCUT2D eigenvalue weighted by atomic mass is 10.2. The second-order valence-electron chi connectivity index (χ2n) is 2.85. The molecule has 1 rings (SSSR count). The maximum Gasteiger partial charge on any atom is 0.416 e. The first-order chi connectivity index (χ1) is 7.43. The SMILES string of the molecule is O=C(COc1cccc(C(F)(F)F)c1)NO. The van der Waals surface area contributed by atoms with Gasteiger partial charge in [-0.2, -0.15) is 13.2 Å². The van der Waals surface area contributed by atoms with E-state index in [1.165, 1.54) is 11.5 Å². The largest absolute Gasteiger partial charge is 0.484 e.